The highest BCUT2D eigenvalue weighted by Crippen LogP contribution is 2.49. The van der Waals surface area contributed by atoms with Gasteiger partial charge in [-0.3, -0.25) is 9.56 Å². The lowest BCUT2D eigenvalue weighted by atomic mass is 9.65. The van der Waals surface area contributed by atoms with Crippen molar-refractivity contribution in [3.05, 3.63) is 158 Å². The van der Waals surface area contributed by atoms with Crippen molar-refractivity contribution in [2.24, 2.45) is 16.3 Å². The van der Waals surface area contributed by atoms with Crippen LogP contribution in [-0.4, -0.2) is 63.2 Å². The van der Waals surface area contributed by atoms with Crippen LogP contribution in [0.1, 0.15) is 137 Å². The van der Waals surface area contributed by atoms with Crippen molar-refractivity contribution in [2.75, 3.05) is 37.6 Å². The second-order valence-electron chi connectivity index (χ2n) is 19.6. The summed E-state index contributed by atoms with van der Waals surface area (Å²) in [5, 5.41) is 20.4. The fourth-order valence-electron chi connectivity index (χ4n) is 12.1. The van der Waals surface area contributed by atoms with E-state index in [0.29, 0.717) is 28.9 Å². The molecule has 1 spiro atoms. The van der Waals surface area contributed by atoms with Gasteiger partial charge in [-0.05, 0) is 168 Å². The zero-order chi connectivity index (χ0) is 42.1. The Hall–Kier alpha value is -5.05. The molecule has 0 unspecified atom stereocenters. The molecule has 2 aliphatic carbocycles. The van der Waals surface area contributed by atoms with E-state index in [0.717, 1.165) is 36.1 Å². The summed E-state index contributed by atoms with van der Waals surface area (Å²) in [6.07, 6.45) is 10.1. The quantitative estimate of drug-likeness (QED) is 0.173. The number of thiophene rings is 1. The Morgan fingerprint density at radius 1 is 0.774 bits per heavy atom. The molecular formula is C54H60N6OS. The number of phenolic OH excluding ortho intramolecular Hbond substituents is 1. The molecule has 318 valence electrons. The average molecular weight is 841 g/mol. The third-order valence-corrected chi connectivity index (χ3v) is 17.0. The van der Waals surface area contributed by atoms with Crippen LogP contribution in [0.4, 0.5) is 5.69 Å². The van der Waals surface area contributed by atoms with Crippen LogP contribution in [0.15, 0.2) is 102 Å². The Morgan fingerprint density at radius 2 is 1.50 bits per heavy atom. The van der Waals surface area contributed by atoms with Gasteiger partial charge in [-0.25, -0.2) is 0 Å². The Kier molecular flexibility index (Phi) is 10.2. The van der Waals surface area contributed by atoms with Gasteiger partial charge >= 0.3 is 0 Å². The zero-order valence-corrected chi connectivity index (χ0v) is 37.7. The molecule has 8 heteroatoms. The number of piperidine rings is 1. The van der Waals surface area contributed by atoms with Gasteiger partial charge in [0.25, 0.3) is 0 Å². The van der Waals surface area contributed by atoms with Crippen LogP contribution >= 0.6 is 11.3 Å². The number of nitrogens with zero attached hydrogens (tertiary/aromatic N) is 6. The smallest absolute Gasteiger partial charge is 0.162 e. The zero-order valence-electron chi connectivity index (χ0n) is 36.9. The summed E-state index contributed by atoms with van der Waals surface area (Å²) in [5.74, 6) is 4.43. The fourth-order valence-corrected chi connectivity index (χ4v) is 13.3. The molecular weight excluding hydrogens is 781 g/mol. The molecule has 3 fully saturated rings. The van der Waals surface area contributed by atoms with Crippen molar-refractivity contribution >= 4 is 22.7 Å². The molecule has 3 atom stereocenters. The number of likely N-dealkylation sites (tertiary alicyclic amines) is 1. The van der Waals surface area contributed by atoms with E-state index in [1.807, 2.05) is 30.4 Å². The minimum absolute atomic E-state index is 0.0650. The number of benzene rings is 4. The number of fused-ring (bicyclic) bond motifs is 4. The summed E-state index contributed by atoms with van der Waals surface area (Å²) < 4.78 is 2.22. The third kappa shape index (κ3) is 7.11. The number of hydrogen-bond donors (Lipinski definition) is 1. The van der Waals surface area contributed by atoms with Crippen molar-refractivity contribution < 1.29 is 5.11 Å². The highest BCUT2D eigenvalue weighted by molar-refractivity contribution is 7.15. The average Bonchev–Trinajstić information content (AvgIpc) is 3.78. The van der Waals surface area contributed by atoms with E-state index in [1.165, 1.54) is 131 Å². The maximum Gasteiger partial charge on any atom is 0.162 e. The molecule has 1 N–H and O–H groups in total. The molecule has 2 saturated heterocycles. The predicted octanol–water partition coefficient (Wildman–Crippen LogP) is 11.6. The van der Waals surface area contributed by atoms with Gasteiger partial charge in [0, 0.05) is 52.7 Å². The lowest BCUT2D eigenvalue weighted by Gasteiger charge is -2.55. The molecule has 6 aromatic rings. The van der Waals surface area contributed by atoms with Gasteiger partial charge in [-0.1, -0.05) is 72.8 Å². The van der Waals surface area contributed by atoms with E-state index < -0.39 is 0 Å². The van der Waals surface area contributed by atoms with Gasteiger partial charge in [0.15, 0.2) is 5.82 Å². The van der Waals surface area contributed by atoms with Crippen molar-refractivity contribution in [1.82, 2.24) is 19.7 Å². The molecule has 3 aliphatic heterocycles. The van der Waals surface area contributed by atoms with Crippen LogP contribution in [0.3, 0.4) is 0 Å². The topological polar surface area (TPSA) is 69.8 Å². The molecule has 0 bridgehead atoms. The molecule has 2 aromatic heterocycles. The normalized spacial score (nSPS) is 22.7. The number of aryl methyl sites for hydroxylation is 3. The van der Waals surface area contributed by atoms with Crippen molar-refractivity contribution in [2.45, 2.75) is 103 Å². The number of phenols is 1. The molecule has 7 nitrogen and oxygen atoms in total. The van der Waals surface area contributed by atoms with Gasteiger partial charge in [0.2, 0.25) is 0 Å². The Morgan fingerprint density at radius 3 is 2.24 bits per heavy atom. The molecule has 0 amide bonds. The summed E-state index contributed by atoms with van der Waals surface area (Å²) in [6.45, 7) is 14.7. The number of rotatable bonds is 7. The van der Waals surface area contributed by atoms with E-state index in [1.54, 1.807) is 0 Å². The number of aromatic nitrogens is 3. The minimum Gasteiger partial charge on any atom is -0.508 e. The van der Waals surface area contributed by atoms with Crippen molar-refractivity contribution in [3.8, 4) is 10.8 Å². The standard InChI is InChI=1S/C54H60N6OS/c1-34-36(3)62-53-49(34)51(55-35(2)52-57-56-37(4)60(52)53)43-14-17-45(18-15-43)59-32-54(33-59)26-22-38(23-27-54)31-58-28-24-40(25-29-58)39-10-12-42(13-11-39)50-47(41-8-6-5-7-9-41)20-16-44-30-46(61)19-21-48(44)50/h5-15,17-19,21,30,35,38,40,47,50,61H,16,20,22-29,31-33H2,1-4H3/t35-,47+,50-/m0/s1. The number of aliphatic imine (C=N–C) groups is 1. The first-order chi connectivity index (χ1) is 30.2. The van der Waals surface area contributed by atoms with Crippen LogP contribution in [-0.2, 0) is 6.42 Å². The SMILES string of the molecule is Cc1sc2c(c1C)C(c1ccc(N3CC4(CCC(CN5CCC(c6ccc([C@@H]7c8ccc(O)cc8CC[C@@H]7c7ccccc7)cc6)CC5)CC4)C3)cc1)=N[C@@H](C)c1nnc(C)n1-2. The van der Waals surface area contributed by atoms with E-state index in [4.69, 9.17) is 4.99 Å². The number of hydrogen-bond acceptors (Lipinski definition) is 7. The molecule has 1 saturated carbocycles. The van der Waals surface area contributed by atoms with Gasteiger partial charge < -0.3 is 14.9 Å². The molecule has 11 rings (SSSR count). The molecule has 4 aromatic carbocycles. The van der Waals surface area contributed by atoms with Crippen LogP contribution in [0.2, 0.25) is 0 Å². The third-order valence-electron chi connectivity index (χ3n) is 15.8. The minimum atomic E-state index is -0.0650. The van der Waals surface area contributed by atoms with Crippen LogP contribution in [0, 0.1) is 32.1 Å². The Labute approximate surface area is 371 Å². The summed E-state index contributed by atoms with van der Waals surface area (Å²) in [7, 11) is 0. The van der Waals surface area contributed by atoms with Gasteiger partial charge in [0.05, 0.1) is 5.71 Å². The molecule has 62 heavy (non-hydrogen) atoms. The van der Waals surface area contributed by atoms with Crippen LogP contribution in [0.25, 0.3) is 5.00 Å². The van der Waals surface area contributed by atoms with E-state index >= 15 is 0 Å². The summed E-state index contributed by atoms with van der Waals surface area (Å²) >= 11 is 1.82. The number of aromatic hydroxyl groups is 1. The highest BCUT2D eigenvalue weighted by atomic mass is 32.1. The fraction of sp³-hybridized carbons (Fsp3) is 0.426. The first-order valence-electron chi connectivity index (χ1n) is 23.3. The molecule has 5 aliphatic rings. The van der Waals surface area contributed by atoms with Gasteiger partial charge in [-0.15, -0.1) is 21.5 Å². The van der Waals surface area contributed by atoms with Crippen molar-refractivity contribution in [3.63, 3.8) is 0 Å². The number of anilines is 1. The largest absolute Gasteiger partial charge is 0.508 e. The Balaban J connectivity index is 0.678. The maximum absolute atomic E-state index is 10.3. The summed E-state index contributed by atoms with van der Waals surface area (Å²) in [4.78, 5) is 12.0. The van der Waals surface area contributed by atoms with Crippen LogP contribution in [0.5, 0.6) is 5.75 Å². The first-order valence-corrected chi connectivity index (χ1v) is 24.2. The lowest BCUT2D eigenvalue weighted by Crippen LogP contribution is -2.58. The summed E-state index contributed by atoms with van der Waals surface area (Å²) in [5.41, 5.74) is 13.6. The molecule has 0 radical (unpaired) electrons. The Bertz CT molecular complexity index is 2600. The van der Waals surface area contributed by atoms with E-state index in [-0.39, 0.29) is 6.04 Å². The van der Waals surface area contributed by atoms with E-state index in [2.05, 4.69) is 130 Å². The van der Waals surface area contributed by atoms with Crippen molar-refractivity contribution in [1.29, 1.82) is 0 Å². The second kappa shape index (κ2) is 15.9. The first kappa shape index (κ1) is 39.8. The summed E-state index contributed by atoms with van der Waals surface area (Å²) in [6, 6.07) is 36.0. The lowest BCUT2D eigenvalue weighted by molar-refractivity contribution is 0.0840. The van der Waals surface area contributed by atoms with Crippen LogP contribution < -0.4 is 4.90 Å². The monoisotopic (exact) mass is 840 g/mol. The second-order valence-corrected chi connectivity index (χ2v) is 20.8. The van der Waals surface area contributed by atoms with E-state index in [9.17, 15) is 5.11 Å². The van der Waals surface area contributed by atoms with Gasteiger partial charge in [0.1, 0.15) is 22.6 Å². The highest BCUT2D eigenvalue weighted by Gasteiger charge is 2.45. The molecule has 5 heterocycles. The predicted molar refractivity (Wildman–Crippen MR) is 253 cm³/mol. The van der Waals surface area contributed by atoms with Gasteiger partial charge in [-0.2, -0.15) is 0 Å². The maximum atomic E-state index is 10.3.